The van der Waals surface area contributed by atoms with Gasteiger partial charge in [-0.3, -0.25) is 43.5 Å². The highest BCUT2D eigenvalue weighted by atomic mass is 16.5. The largest absolute Gasteiger partial charge is 0.493 e. The Morgan fingerprint density at radius 1 is 0.469 bits per heavy atom. The molecule has 596 valence electrons. The summed E-state index contributed by atoms with van der Waals surface area (Å²) >= 11 is 0. The van der Waals surface area contributed by atoms with Gasteiger partial charge in [0.15, 0.2) is 17.9 Å². The first-order chi connectivity index (χ1) is 53.4. The van der Waals surface area contributed by atoms with Crippen LogP contribution in [0.5, 0.6) is 34.5 Å². The Bertz CT molecular complexity index is 4950. The van der Waals surface area contributed by atoms with Crippen LogP contribution < -0.4 is 61.6 Å². The Kier molecular flexibility index (Phi) is 19.7. The lowest BCUT2D eigenvalue weighted by molar-refractivity contribution is -0.134. The first-order valence-electron chi connectivity index (χ1n) is 39.5. The molecule has 6 amide bonds. The zero-order valence-electron chi connectivity index (χ0n) is 66.4. The number of aliphatic imine (C=N–C) groups is 3. The van der Waals surface area contributed by atoms with E-state index in [9.17, 15) is 34.2 Å². The highest BCUT2D eigenvalue weighted by molar-refractivity contribution is 6.02. The predicted octanol–water partition coefficient (Wildman–Crippen LogP) is 11.0. The number of rotatable bonds is 16. The summed E-state index contributed by atoms with van der Waals surface area (Å²) in [6.45, 7) is 25.4. The smallest absolute Gasteiger partial charge is 0.251 e. The van der Waals surface area contributed by atoms with Gasteiger partial charge in [0, 0.05) is 88.6 Å². The van der Waals surface area contributed by atoms with Crippen molar-refractivity contribution in [3.05, 3.63) is 177 Å². The number of nitrogens with zero attached hydrogens (tertiary/aromatic N) is 6. The van der Waals surface area contributed by atoms with E-state index in [1.165, 1.54) is 9.80 Å². The van der Waals surface area contributed by atoms with Gasteiger partial charge in [-0.15, -0.1) is 0 Å². The van der Waals surface area contributed by atoms with E-state index < -0.39 is 106 Å². The second kappa shape index (κ2) is 28.7. The number of aliphatic hydroxyl groups excluding tert-OH is 2. The number of fused-ring (bicyclic) bond motifs is 6. The molecule has 8 unspecified atom stereocenters. The Hall–Kier alpha value is -10.7. The Morgan fingerprint density at radius 2 is 0.858 bits per heavy atom. The van der Waals surface area contributed by atoms with Crippen LogP contribution in [0.1, 0.15) is 249 Å². The number of ether oxygens (including phenoxy) is 6. The van der Waals surface area contributed by atoms with Crippen LogP contribution in [-0.2, 0) is 14.4 Å². The third-order valence-corrected chi connectivity index (χ3v) is 25.6. The van der Waals surface area contributed by atoms with Crippen molar-refractivity contribution in [2.24, 2.45) is 49.9 Å². The Balaban J connectivity index is 0.694. The molecule has 26 heteroatoms. The summed E-state index contributed by atoms with van der Waals surface area (Å²) in [5.41, 5.74) is 19.1. The number of carbonyl (C=O) groups excluding carboxylic acids is 6. The first kappa shape index (κ1) is 77.6. The van der Waals surface area contributed by atoms with Crippen molar-refractivity contribution in [3.8, 4) is 34.5 Å². The number of amides is 6. The summed E-state index contributed by atoms with van der Waals surface area (Å²) in [6.07, 6.45) is -2.33. The van der Waals surface area contributed by atoms with E-state index >= 15 is 4.79 Å². The third kappa shape index (κ3) is 14.2. The van der Waals surface area contributed by atoms with Crippen LogP contribution in [0.15, 0.2) is 142 Å². The summed E-state index contributed by atoms with van der Waals surface area (Å²) in [6, 6.07) is 32.6. The molecule has 6 aromatic carbocycles. The zero-order chi connectivity index (χ0) is 80.5. The number of aliphatic hydroxyl groups is 2. The number of hydrogen-bond donors (Lipinski definition) is 8. The molecule has 113 heavy (non-hydrogen) atoms. The summed E-state index contributed by atoms with van der Waals surface area (Å²) < 4.78 is 39.9. The number of hydrogen-bond acceptors (Lipinski definition) is 20. The standard InChI is InChI=1S/C87H104N12O14/c1-45(2)84(10)42-69(100)97(79(88)94-84)60-32-33-108-63-29-26-48(34-56(60)63)76(105)91-59-41-83(9,112-66-23-17-14-20-53(59)66)39-51-37-61(98-70(101)43-85(11,46(3)4)95-80(98)89)57-36-50(27-30-64(57)109-51)78(107)93-73-55-22-16-19-25-68(55)113-87(13,75(73)104)40-52-38-62(99-71(102)44-86(12,47(5)6)96-81(99)90)58-35-49(28-31-65(58)110-52)77(106)92-72-54-21-15-18-24-67(54)111-82(7,8)74(72)103/h14-31,34-36,45-47,51-52,59-62,72-75,103-104H,32-33,37-44H2,1-13H3,(H2,88,94)(H2,89,95)(H2,90,96)(H,91,105)(H,92,106)(H,93,107)/t51?,52?,59-,60+,61+,62+,72?,73?,74?,75?,83?,84-,85-,86-,87?/m0/s1. The van der Waals surface area contributed by atoms with Gasteiger partial charge in [-0.05, 0) is 139 Å². The second-order valence-electron chi connectivity index (χ2n) is 34.9. The Labute approximate surface area is 658 Å². The van der Waals surface area contributed by atoms with E-state index in [4.69, 9.17) is 60.6 Å². The van der Waals surface area contributed by atoms with Crippen LogP contribution in [0.4, 0.5) is 0 Å². The average molecular weight is 1540 g/mol. The molecule has 15 atom stereocenters. The molecule has 0 radical (unpaired) electrons. The van der Waals surface area contributed by atoms with Gasteiger partial charge in [0.2, 0.25) is 17.7 Å². The van der Waals surface area contributed by atoms with Crippen LogP contribution in [-0.4, -0.2) is 143 Å². The first-order valence-corrected chi connectivity index (χ1v) is 39.5. The molecular formula is C87H104N12O14. The van der Waals surface area contributed by atoms with Gasteiger partial charge >= 0.3 is 0 Å². The summed E-state index contributed by atoms with van der Waals surface area (Å²) in [7, 11) is 0. The molecule has 0 saturated carbocycles. The summed E-state index contributed by atoms with van der Waals surface area (Å²) in [5, 5.41) is 34.2. The minimum absolute atomic E-state index is 0.00645. The van der Waals surface area contributed by atoms with E-state index in [0.717, 1.165) is 5.56 Å². The molecule has 0 fully saturated rings. The molecule has 15 rings (SSSR count). The Morgan fingerprint density at radius 3 is 1.32 bits per heavy atom. The molecule has 9 aliphatic rings. The fraction of sp³-hybridized carbons (Fsp3) is 0.483. The number of benzene rings is 6. The maximum atomic E-state index is 15.4. The monoisotopic (exact) mass is 1540 g/mol. The normalized spacial score (nSPS) is 30.8. The lowest BCUT2D eigenvalue weighted by Crippen LogP contribution is -2.58. The highest BCUT2D eigenvalue weighted by Crippen LogP contribution is 2.52. The van der Waals surface area contributed by atoms with Crippen LogP contribution >= 0.6 is 0 Å². The number of nitrogens with two attached hydrogens (primary N) is 3. The molecule has 0 saturated heterocycles. The van der Waals surface area contributed by atoms with Gasteiger partial charge in [0.1, 0.15) is 75.7 Å². The molecule has 0 aliphatic carbocycles. The van der Waals surface area contributed by atoms with Gasteiger partial charge in [0.05, 0.1) is 78.7 Å². The quantitative estimate of drug-likeness (QED) is 0.0446. The lowest BCUT2D eigenvalue weighted by atomic mass is 9.79. The van der Waals surface area contributed by atoms with Crippen LogP contribution in [0.25, 0.3) is 0 Å². The fourth-order valence-corrected chi connectivity index (χ4v) is 17.9. The molecule has 26 nitrogen and oxygen atoms in total. The second-order valence-corrected chi connectivity index (χ2v) is 34.9. The van der Waals surface area contributed by atoms with E-state index in [1.807, 2.05) is 106 Å². The molecule has 9 heterocycles. The van der Waals surface area contributed by atoms with Crippen molar-refractivity contribution in [1.29, 1.82) is 0 Å². The van der Waals surface area contributed by atoms with Gasteiger partial charge < -0.3 is 71.8 Å². The third-order valence-electron chi connectivity index (χ3n) is 25.6. The number of para-hydroxylation sites is 3. The molecule has 0 aromatic heterocycles. The molecule has 0 bridgehead atoms. The van der Waals surface area contributed by atoms with Gasteiger partial charge in [-0.2, -0.15) is 0 Å². The topological polar surface area (TPSA) is 359 Å². The minimum atomic E-state index is -1.48. The number of nitrogens with one attached hydrogen (secondary N) is 3. The minimum Gasteiger partial charge on any atom is -0.493 e. The van der Waals surface area contributed by atoms with Crippen molar-refractivity contribution in [3.63, 3.8) is 0 Å². The number of guanidine groups is 3. The average Bonchev–Trinajstić information content (AvgIpc) is 0.760. The summed E-state index contributed by atoms with van der Waals surface area (Å²) in [5.74, 6) is 0.870. The maximum absolute atomic E-state index is 15.4. The molecular weight excluding hydrogens is 1440 g/mol. The van der Waals surface area contributed by atoms with Crippen LogP contribution in [0, 0.1) is 17.8 Å². The van der Waals surface area contributed by atoms with Crippen molar-refractivity contribution in [2.45, 2.75) is 242 Å². The van der Waals surface area contributed by atoms with Crippen molar-refractivity contribution in [1.82, 2.24) is 30.7 Å². The van der Waals surface area contributed by atoms with Gasteiger partial charge in [0.25, 0.3) is 17.7 Å². The highest BCUT2D eigenvalue weighted by Gasteiger charge is 2.54. The fourth-order valence-electron chi connectivity index (χ4n) is 17.9. The van der Waals surface area contributed by atoms with E-state index in [2.05, 4.69) is 16.0 Å². The SMILES string of the molecule is CC(C)[C@]1(C)CC(=O)N([C@@H]2CCOc3ccc(C(=O)N[C@H]4CC(C)(CC5C[C@@H](N6C(=O)C[C@@](C)(C(C)C)N=C6N)c6cc(C(=O)NC7c8ccccc8OC(C)(CC8C[C@@H](N9C(=O)C[C@@](C)(C(C)C)N=C9N)c9cc(C(=O)NC%10c%11ccccc%11OC(C)(C)C%10O)ccc9O8)C7O)ccc6O5)Oc5ccccc54)cc32)C(N)=N1. The maximum Gasteiger partial charge on any atom is 0.251 e. The lowest BCUT2D eigenvalue weighted by Gasteiger charge is -2.47. The molecule has 6 aromatic rings. The zero-order valence-corrected chi connectivity index (χ0v) is 66.4. The van der Waals surface area contributed by atoms with Gasteiger partial charge in [-0.25, -0.2) is 15.0 Å². The predicted molar refractivity (Wildman–Crippen MR) is 423 cm³/mol. The van der Waals surface area contributed by atoms with E-state index in [1.54, 1.807) is 117 Å². The number of carbonyl (C=O) groups is 6. The molecule has 0 spiro atoms. The van der Waals surface area contributed by atoms with Crippen molar-refractivity contribution >= 4 is 53.3 Å². The van der Waals surface area contributed by atoms with E-state index in [0.29, 0.717) is 87.3 Å². The summed E-state index contributed by atoms with van der Waals surface area (Å²) in [4.78, 5) is 108. The van der Waals surface area contributed by atoms with Crippen molar-refractivity contribution < 1.29 is 67.4 Å². The van der Waals surface area contributed by atoms with Gasteiger partial charge in [-0.1, -0.05) is 96.1 Å². The van der Waals surface area contributed by atoms with Crippen LogP contribution in [0.2, 0.25) is 0 Å². The van der Waals surface area contributed by atoms with Crippen molar-refractivity contribution in [2.75, 3.05) is 6.61 Å². The van der Waals surface area contributed by atoms with E-state index in [-0.39, 0.29) is 115 Å². The molecule has 11 N–H and O–H groups in total. The van der Waals surface area contributed by atoms with Crippen LogP contribution in [0.3, 0.4) is 0 Å². The molecule has 9 aliphatic heterocycles.